The molecule has 0 amide bonds. The van der Waals surface area contributed by atoms with Crippen LogP contribution in [0.5, 0.6) is 5.75 Å². The minimum Gasteiger partial charge on any atom is -0.494 e. The van der Waals surface area contributed by atoms with Gasteiger partial charge >= 0.3 is 0 Å². The summed E-state index contributed by atoms with van der Waals surface area (Å²) in [6, 6.07) is 8.00. The van der Waals surface area contributed by atoms with Crippen LogP contribution in [0.1, 0.15) is 50.0 Å². The molecule has 7 rings (SSSR count). The smallest absolute Gasteiger partial charge is 0.248 e. The van der Waals surface area contributed by atoms with Crippen LogP contribution in [0.3, 0.4) is 0 Å². The number of hydrogen-bond donors (Lipinski definition) is 4. The van der Waals surface area contributed by atoms with Crippen molar-refractivity contribution in [1.29, 1.82) is 0 Å². The van der Waals surface area contributed by atoms with Crippen molar-refractivity contribution in [3.63, 3.8) is 0 Å². The molecule has 4 aromatic rings. The Labute approximate surface area is 310 Å². The van der Waals surface area contributed by atoms with Gasteiger partial charge in [0.1, 0.15) is 17.1 Å². The summed E-state index contributed by atoms with van der Waals surface area (Å²) in [5.74, 6) is -1.50. The highest BCUT2D eigenvalue weighted by molar-refractivity contribution is 9.10. The molecule has 0 unspecified atom stereocenters. The molecule has 0 spiro atoms. The molecule has 2 aliphatic heterocycles. The lowest BCUT2D eigenvalue weighted by molar-refractivity contribution is -0.0382. The first kappa shape index (κ1) is 36.4. The summed E-state index contributed by atoms with van der Waals surface area (Å²) in [5, 5.41) is 9.96. The van der Waals surface area contributed by atoms with Gasteiger partial charge in [-0.2, -0.15) is 4.98 Å². The van der Waals surface area contributed by atoms with Crippen LogP contribution in [-0.4, -0.2) is 97.9 Å². The Morgan fingerprint density at radius 3 is 2.40 bits per heavy atom. The molecule has 0 atom stereocenters. The number of rotatable bonds is 10. The third-order valence-electron chi connectivity index (χ3n) is 10.2. The Bertz CT molecular complexity index is 2020. The molecule has 3 fully saturated rings. The Hall–Kier alpha value is -3.93. The molecule has 4 N–H and O–H groups in total. The van der Waals surface area contributed by atoms with Gasteiger partial charge in [0, 0.05) is 88.5 Å². The van der Waals surface area contributed by atoms with Crippen LogP contribution in [0.15, 0.2) is 47.3 Å². The standard InChI is InChI=1S/C35H43BrF2N10O3S/c1-51-30-20-29(48-15-7-23(8-16-48)47-17-13-39-14-18-47)24(22-5-9-35(37,38)10-6-22)19-28(30)44-34-42-21-25(36)33(45-34)43-27-4-3-26-31(41-12-11-40-26)32(27)46-52(2,49)50/h3-4,11-12,19-23,39,46H,5-10,13-18H2,1-2H3,(H2,42,43,44,45). The highest BCUT2D eigenvalue weighted by Crippen LogP contribution is 2.47. The highest BCUT2D eigenvalue weighted by Gasteiger charge is 2.37. The first-order chi connectivity index (χ1) is 25.0. The van der Waals surface area contributed by atoms with Gasteiger partial charge in [0.2, 0.25) is 21.9 Å². The lowest BCUT2D eigenvalue weighted by atomic mass is 9.81. The first-order valence-corrected chi connectivity index (χ1v) is 20.2. The van der Waals surface area contributed by atoms with Crippen LogP contribution >= 0.6 is 15.9 Å². The maximum atomic E-state index is 14.3. The maximum Gasteiger partial charge on any atom is 0.248 e. The summed E-state index contributed by atoms with van der Waals surface area (Å²) in [4.78, 5) is 22.8. The molecular formula is C35H43BrF2N10O3S. The lowest BCUT2D eigenvalue weighted by Gasteiger charge is -2.42. The summed E-state index contributed by atoms with van der Waals surface area (Å²) in [7, 11) is -2.06. The number of alkyl halides is 2. The number of benzene rings is 2. The summed E-state index contributed by atoms with van der Waals surface area (Å²) < 4.78 is 62.3. The van der Waals surface area contributed by atoms with Crippen molar-refractivity contribution in [3.05, 3.63) is 52.9 Å². The predicted octanol–water partition coefficient (Wildman–Crippen LogP) is 6.22. The quantitative estimate of drug-likeness (QED) is 0.144. The van der Waals surface area contributed by atoms with Gasteiger partial charge in [-0.15, -0.1) is 0 Å². The van der Waals surface area contributed by atoms with Crippen molar-refractivity contribution < 1.29 is 21.9 Å². The van der Waals surface area contributed by atoms with E-state index >= 15 is 0 Å². The maximum absolute atomic E-state index is 14.3. The number of ether oxygens (including phenoxy) is 1. The van der Waals surface area contributed by atoms with Crippen molar-refractivity contribution in [1.82, 2.24) is 30.2 Å². The first-order valence-electron chi connectivity index (χ1n) is 17.5. The van der Waals surface area contributed by atoms with Gasteiger partial charge in [0.15, 0.2) is 0 Å². The zero-order valence-electron chi connectivity index (χ0n) is 29.1. The summed E-state index contributed by atoms with van der Waals surface area (Å²) in [6.45, 7) is 5.91. The van der Waals surface area contributed by atoms with E-state index in [1.54, 1.807) is 25.4 Å². The zero-order valence-corrected chi connectivity index (χ0v) is 31.5. The van der Waals surface area contributed by atoms with E-state index in [2.05, 4.69) is 61.4 Å². The largest absolute Gasteiger partial charge is 0.494 e. The second kappa shape index (κ2) is 15.2. The van der Waals surface area contributed by atoms with Crippen molar-refractivity contribution in [2.45, 2.75) is 56.4 Å². The Kier molecular flexibility index (Phi) is 10.6. The van der Waals surface area contributed by atoms with Gasteiger partial charge in [-0.1, -0.05) is 0 Å². The molecule has 278 valence electrons. The second-order valence-corrected chi connectivity index (χ2v) is 16.3. The van der Waals surface area contributed by atoms with E-state index in [-0.39, 0.29) is 30.4 Å². The molecule has 4 heterocycles. The second-order valence-electron chi connectivity index (χ2n) is 13.7. The van der Waals surface area contributed by atoms with Crippen molar-refractivity contribution in [3.8, 4) is 5.75 Å². The molecule has 3 aliphatic rings. The minimum atomic E-state index is -3.67. The molecule has 0 radical (unpaired) electrons. The van der Waals surface area contributed by atoms with Crippen LogP contribution < -0.4 is 30.3 Å². The number of piperidine rings is 1. The molecule has 2 aromatic heterocycles. The minimum absolute atomic E-state index is 0.0354. The normalized spacial score (nSPS) is 19.1. The number of methoxy groups -OCH3 is 1. The topological polar surface area (TPSA) is 150 Å². The van der Waals surface area contributed by atoms with E-state index in [0.29, 0.717) is 57.3 Å². The molecule has 1 aliphatic carbocycles. The lowest BCUT2D eigenvalue weighted by Crippen LogP contribution is -2.52. The van der Waals surface area contributed by atoms with E-state index < -0.39 is 15.9 Å². The Balaban J connectivity index is 1.18. The number of aromatic nitrogens is 4. The van der Waals surface area contributed by atoms with Crippen LogP contribution in [0, 0.1) is 0 Å². The fraction of sp³-hybridized carbons (Fsp3) is 0.486. The molecule has 0 bridgehead atoms. The van der Waals surface area contributed by atoms with Gasteiger partial charge in [-0.05, 0) is 71.3 Å². The average Bonchev–Trinajstić information content (AvgIpc) is 3.14. The van der Waals surface area contributed by atoms with Gasteiger partial charge in [-0.3, -0.25) is 19.6 Å². The van der Waals surface area contributed by atoms with E-state index in [1.807, 2.05) is 12.1 Å². The monoisotopic (exact) mass is 800 g/mol. The number of fused-ring (bicyclic) bond motifs is 1. The van der Waals surface area contributed by atoms with E-state index in [4.69, 9.17) is 9.72 Å². The third kappa shape index (κ3) is 8.32. The number of hydrogen-bond acceptors (Lipinski definition) is 12. The van der Waals surface area contributed by atoms with Crippen molar-refractivity contribution in [2.24, 2.45) is 0 Å². The van der Waals surface area contributed by atoms with Crippen LogP contribution in [0.2, 0.25) is 0 Å². The fourth-order valence-electron chi connectivity index (χ4n) is 7.52. The van der Waals surface area contributed by atoms with Gasteiger partial charge in [0.25, 0.3) is 0 Å². The molecule has 1 saturated carbocycles. The predicted molar refractivity (Wildman–Crippen MR) is 203 cm³/mol. The molecule has 2 saturated heterocycles. The Morgan fingerprint density at radius 1 is 0.962 bits per heavy atom. The number of nitrogens with one attached hydrogen (secondary N) is 4. The van der Waals surface area contributed by atoms with E-state index in [1.165, 1.54) is 12.4 Å². The van der Waals surface area contributed by atoms with Crippen LogP contribution in [-0.2, 0) is 10.0 Å². The number of sulfonamides is 1. The van der Waals surface area contributed by atoms with Gasteiger partial charge < -0.3 is 25.6 Å². The number of piperazine rings is 1. The van der Waals surface area contributed by atoms with Crippen molar-refractivity contribution in [2.75, 3.05) is 72.9 Å². The molecule has 52 heavy (non-hydrogen) atoms. The highest BCUT2D eigenvalue weighted by atomic mass is 79.9. The van der Waals surface area contributed by atoms with Gasteiger partial charge in [0.05, 0.1) is 40.4 Å². The molecule has 13 nitrogen and oxygen atoms in total. The molecule has 17 heteroatoms. The van der Waals surface area contributed by atoms with Crippen LogP contribution in [0.25, 0.3) is 11.0 Å². The molecule has 2 aromatic carbocycles. The zero-order chi connectivity index (χ0) is 36.5. The van der Waals surface area contributed by atoms with E-state index in [9.17, 15) is 17.2 Å². The number of nitrogens with zero attached hydrogens (tertiary/aromatic N) is 6. The number of halogens is 3. The van der Waals surface area contributed by atoms with E-state index in [0.717, 1.165) is 69.6 Å². The number of anilines is 6. The SMILES string of the molecule is COc1cc(N2CCC(N3CCNCC3)CC2)c(C2CCC(F)(F)CC2)cc1Nc1ncc(Br)c(Nc2ccc3nccnc3c2NS(C)(=O)=O)n1. The Morgan fingerprint density at radius 2 is 1.69 bits per heavy atom. The fourth-order valence-corrected chi connectivity index (χ4v) is 8.38. The summed E-state index contributed by atoms with van der Waals surface area (Å²) in [6.07, 6.45) is 8.25. The summed E-state index contributed by atoms with van der Waals surface area (Å²) in [5.41, 5.74) is 4.17. The average molecular weight is 802 g/mol. The van der Waals surface area contributed by atoms with Crippen molar-refractivity contribution >= 4 is 71.5 Å². The van der Waals surface area contributed by atoms with Gasteiger partial charge in [-0.25, -0.2) is 22.2 Å². The molecular weight excluding hydrogens is 758 g/mol. The van der Waals surface area contributed by atoms with Crippen LogP contribution in [0.4, 0.5) is 43.3 Å². The third-order valence-corrected chi connectivity index (χ3v) is 11.3. The summed E-state index contributed by atoms with van der Waals surface area (Å²) >= 11 is 3.51.